The summed E-state index contributed by atoms with van der Waals surface area (Å²) in [6, 6.07) is 8.77. The van der Waals surface area contributed by atoms with Crippen molar-refractivity contribution in [1.29, 1.82) is 0 Å². The van der Waals surface area contributed by atoms with Gasteiger partial charge in [-0.15, -0.1) is 24.0 Å². The van der Waals surface area contributed by atoms with Gasteiger partial charge in [0.25, 0.3) is 0 Å². The van der Waals surface area contributed by atoms with Gasteiger partial charge in [0.2, 0.25) is 0 Å². The SMILES string of the molecule is CN=C(NCC1Cc2ccccc21)N1CCC(C)(C)C1.I. The normalized spacial score (nSPS) is 23.1. The van der Waals surface area contributed by atoms with E-state index < -0.39 is 0 Å². The molecule has 1 N–H and O–H groups in total. The van der Waals surface area contributed by atoms with Crippen molar-refractivity contribution in [2.75, 3.05) is 26.7 Å². The van der Waals surface area contributed by atoms with Crippen LogP contribution in [0.1, 0.15) is 37.3 Å². The number of guanidine groups is 1. The molecule has 2 aliphatic rings. The molecule has 0 spiro atoms. The van der Waals surface area contributed by atoms with Gasteiger partial charge in [0.15, 0.2) is 5.96 Å². The molecule has 3 rings (SSSR count). The molecule has 1 aliphatic heterocycles. The number of rotatable bonds is 2. The predicted molar refractivity (Wildman–Crippen MR) is 99.6 cm³/mol. The molecule has 4 heteroatoms. The van der Waals surface area contributed by atoms with Crippen molar-refractivity contribution in [2.24, 2.45) is 10.4 Å². The Balaban J connectivity index is 0.00000161. The Morgan fingerprint density at radius 3 is 2.76 bits per heavy atom. The highest BCUT2D eigenvalue weighted by molar-refractivity contribution is 14.0. The summed E-state index contributed by atoms with van der Waals surface area (Å²) in [6.07, 6.45) is 2.45. The lowest BCUT2D eigenvalue weighted by atomic mass is 9.78. The number of hydrogen-bond acceptors (Lipinski definition) is 1. The van der Waals surface area contributed by atoms with Crippen molar-refractivity contribution in [3.05, 3.63) is 35.4 Å². The van der Waals surface area contributed by atoms with Gasteiger partial charge < -0.3 is 10.2 Å². The molecule has 0 bridgehead atoms. The van der Waals surface area contributed by atoms with Crippen LogP contribution in [-0.2, 0) is 6.42 Å². The van der Waals surface area contributed by atoms with Crippen LogP contribution in [0.5, 0.6) is 0 Å². The Bertz CT molecular complexity index is 525. The van der Waals surface area contributed by atoms with E-state index in [0.29, 0.717) is 11.3 Å². The molecular formula is C17H26IN3. The number of hydrogen-bond donors (Lipinski definition) is 1. The molecule has 0 aromatic heterocycles. The standard InChI is InChI=1S/C17H25N3.HI/c1-17(2)8-9-20(12-17)16(18-3)19-11-14-10-13-6-4-5-7-15(13)14;/h4-7,14H,8-12H2,1-3H3,(H,18,19);1H. The Kier molecular flexibility index (Phi) is 5.17. The minimum Gasteiger partial charge on any atom is -0.356 e. The Labute approximate surface area is 145 Å². The van der Waals surface area contributed by atoms with Crippen LogP contribution in [0.15, 0.2) is 29.3 Å². The average molecular weight is 399 g/mol. The van der Waals surface area contributed by atoms with Crippen LogP contribution in [0.2, 0.25) is 0 Å². The smallest absolute Gasteiger partial charge is 0.193 e. The zero-order chi connectivity index (χ0) is 14.2. The van der Waals surface area contributed by atoms with Crippen LogP contribution in [-0.4, -0.2) is 37.5 Å². The number of nitrogens with one attached hydrogen (secondary N) is 1. The molecule has 1 heterocycles. The fourth-order valence-electron chi connectivity index (χ4n) is 3.38. The van der Waals surface area contributed by atoms with Gasteiger partial charge in [0, 0.05) is 32.6 Å². The van der Waals surface area contributed by atoms with Gasteiger partial charge in [-0.25, -0.2) is 0 Å². The number of benzene rings is 1. The first-order chi connectivity index (χ1) is 9.59. The van der Waals surface area contributed by atoms with Crippen LogP contribution >= 0.6 is 24.0 Å². The number of fused-ring (bicyclic) bond motifs is 1. The highest BCUT2D eigenvalue weighted by Crippen LogP contribution is 2.34. The molecule has 1 atom stereocenters. The third-order valence-corrected chi connectivity index (χ3v) is 4.66. The maximum Gasteiger partial charge on any atom is 0.193 e. The molecule has 0 radical (unpaired) electrons. The summed E-state index contributed by atoms with van der Waals surface area (Å²) in [7, 11) is 1.89. The van der Waals surface area contributed by atoms with E-state index in [2.05, 4.69) is 53.3 Å². The first kappa shape index (κ1) is 16.6. The van der Waals surface area contributed by atoms with E-state index in [4.69, 9.17) is 0 Å². The minimum absolute atomic E-state index is 0. The molecule has 21 heavy (non-hydrogen) atoms. The molecule has 3 nitrogen and oxygen atoms in total. The third kappa shape index (κ3) is 3.52. The highest BCUT2D eigenvalue weighted by atomic mass is 127. The largest absolute Gasteiger partial charge is 0.356 e. The van der Waals surface area contributed by atoms with Gasteiger partial charge in [0.05, 0.1) is 0 Å². The van der Waals surface area contributed by atoms with Gasteiger partial charge in [-0.3, -0.25) is 4.99 Å². The van der Waals surface area contributed by atoms with Crippen LogP contribution in [0.25, 0.3) is 0 Å². The monoisotopic (exact) mass is 399 g/mol. The molecule has 0 saturated carbocycles. The van der Waals surface area contributed by atoms with Crippen LogP contribution in [0, 0.1) is 5.41 Å². The molecule has 1 unspecified atom stereocenters. The molecule has 116 valence electrons. The number of nitrogens with zero attached hydrogens (tertiary/aromatic N) is 2. The van der Waals surface area contributed by atoms with Crippen molar-refractivity contribution in [3.63, 3.8) is 0 Å². The maximum absolute atomic E-state index is 4.45. The van der Waals surface area contributed by atoms with E-state index in [0.717, 1.165) is 25.6 Å². The van der Waals surface area contributed by atoms with E-state index in [1.165, 1.54) is 24.0 Å². The number of likely N-dealkylation sites (tertiary alicyclic amines) is 1. The van der Waals surface area contributed by atoms with Gasteiger partial charge in [0.1, 0.15) is 0 Å². The zero-order valence-electron chi connectivity index (χ0n) is 13.2. The zero-order valence-corrected chi connectivity index (χ0v) is 15.6. The van der Waals surface area contributed by atoms with Crippen LogP contribution < -0.4 is 5.32 Å². The van der Waals surface area contributed by atoms with Gasteiger partial charge in [-0.2, -0.15) is 0 Å². The lowest BCUT2D eigenvalue weighted by Crippen LogP contribution is -2.43. The summed E-state index contributed by atoms with van der Waals surface area (Å²) in [5.74, 6) is 1.72. The summed E-state index contributed by atoms with van der Waals surface area (Å²) in [6.45, 7) is 7.90. The van der Waals surface area contributed by atoms with E-state index in [-0.39, 0.29) is 24.0 Å². The topological polar surface area (TPSA) is 27.6 Å². The molecule has 1 fully saturated rings. The molecule has 0 amide bonds. The second-order valence-corrected chi connectivity index (χ2v) is 6.86. The summed E-state index contributed by atoms with van der Waals surface area (Å²) >= 11 is 0. The molecular weight excluding hydrogens is 373 g/mol. The third-order valence-electron chi connectivity index (χ3n) is 4.66. The first-order valence-corrected chi connectivity index (χ1v) is 7.62. The van der Waals surface area contributed by atoms with Gasteiger partial charge >= 0.3 is 0 Å². The fourth-order valence-corrected chi connectivity index (χ4v) is 3.38. The summed E-state index contributed by atoms with van der Waals surface area (Å²) in [5.41, 5.74) is 3.44. The molecule has 1 aromatic rings. The molecule has 1 saturated heterocycles. The highest BCUT2D eigenvalue weighted by Gasteiger charge is 2.31. The van der Waals surface area contributed by atoms with Crippen LogP contribution in [0.4, 0.5) is 0 Å². The lowest BCUT2D eigenvalue weighted by Gasteiger charge is -2.32. The molecule has 1 aliphatic carbocycles. The van der Waals surface area contributed by atoms with E-state index >= 15 is 0 Å². The minimum atomic E-state index is 0. The van der Waals surface area contributed by atoms with Crippen molar-refractivity contribution >= 4 is 29.9 Å². The second kappa shape index (κ2) is 6.55. The van der Waals surface area contributed by atoms with E-state index in [1.807, 2.05) is 7.05 Å². The summed E-state index contributed by atoms with van der Waals surface area (Å²) in [5, 5.41) is 3.57. The fraction of sp³-hybridized carbons (Fsp3) is 0.588. The quantitative estimate of drug-likeness (QED) is 0.470. The number of halogens is 1. The first-order valence-electron chi connectivity index (χ1n) is 7.62. The maximum atomic E-state index is 4.45. The Hall–Kier alpha value is -0.780. The molecule has 1 aromatic carbocycles. The van der Waals surface area contributed by atoms with Crippen molar-refractivity contribution in [3.8, 4) is 0 Å². The van der Waals surface area contributed by atoms with Gasteiger partial charge in [-0.05, 0) is 29.4 Å². The van der Waals surface area contributed by atoms with E-state index in [1.54, 1.807) is 0 Å². The van der Waals surface area contributed by atoms with Crippen molar-refractivity contribution in [2.45, 2.75) is 32.6 Å². The van der Waals surface area contributed by atoms with Crippen molar-refractivity contribution < 1.29 is 0 Å². The predicted octanol–water partition coefficient (Wildman–Crippen LogP) is 3.25. The van der Waals surface area contributed by atoms with E-state index in [9.17, 15) is 0 Å². The van der Waals surface area contributed by atoms with Crippen LogP contribution in [0.3, 0.4) is 0 Å². The Morgan fingerprint density at radius 2 is 2.14 bits per heavy atom. The lowest BCUT2D eigenvalue weighted by molar-refractivity contribution is 0.369. The second-order valence-electron chi connectivity index (χ2n) is 6.86. The number of aliphatic imine (C=N–C) groups is 1. The Morgan fingerprint density at radius 1 is 1.38 bits per heavy atom. The van der Waals surface area contributed by atoms with Gasteiger partial charge in [-0.1, -0.05) is 38.1 Å². The van der Waals surface area contributed by atoms with Crippen molar-refractivity contribution in [1.82, 2.24) is 10.2 Å². The summed E-state index contributed by atoms with van der Waals surface area (Å²) in [4.78, 5) is 6.85. The summed E-state index contributed by atoms with van der Waals surface area (Å²) < 4.78 is 0. The average Bonchev–Trinajstić information content (AvgIpc) is 2.75.